The predicted molar refractivity (Wildman–Crippen MR) is 104 cm³/mol. The van der Waals surface area contributed by atoms with Crippen molar-refractivity contribution in [1.82, 2.24) is 15.4 Å². The number of rotatable bonds is 4. The molecule has 25 heavy (non-hydrogen) atoms. The fraction of sp³-hybridized carbons (Fsp3) is 0.0625. The van der Waals surface area contributed by atoms with Crippen LogP contribution in [0.25, 0.3) is 11.0 Å². The van der Waals surface area contributed by atoms with Crippen molar-refractivity contribution in [2.45, 2.75) is 5.03 Å². The average Bonchev–Trinajstić information content (AvgIpc) is 2.61. The number of carbonyl (C=O) groups excluding carboxylic acids is 1. The standard InChI is InChI=1S/C16H13Cl2N5OS/c1-25-15-14(20-12-7-10(17)11(18)8-13(12)21-15)22-23-16(24)19-9-5-3-2-4-6-9/h2-8H,1H3,(H,20,22)(H2,19,23,24). The number of fused-ring (bicyclic) bond motifs is 1. The molecule has 0 saturated carbocycles. The third kappa shape index (κ3) is 4.25. The van der Waals surface area contributed by atoms with E-state index in [9.17, 15) is 4.79 Å². The number of thioether (sulfide) groups is 1. The van der Waals surface area contributed by atoms with Gasteiger partial charge in [0.1, 0.15) is 5.03 Å². The number of amides is 2. The molecule has 1 aromatic heterocycles. The number of anilines is 2. The molecule has 0 radical (unpaired) electrons. The summed E-state index contributed by atoms with van der Waals surface area (Å²) < 4.78 is 0. The number of carbonyl (C=O) groups is 1. The second kappa shape index (κ2) is 7.77. The summed E-state index contributed by atoms with van der Waals surface area (Å²) in [5.74, 6) is 0.418. The Kier molecular flexibility index (Phi) is 5.47. The molecule has 3 rings (SSSR count). The largest absolute Gasteiger partial charge is 0.337 e. The minimum Gasteiger partial charge on any atom is -0.307 e. The fourth-order valence-corrected chi connectivity index (χ4v) is 2.85. The Morgan fingerprint density at radius 1 is 1.04 bits per heavy atom. The van der Waals surface area contributed by atoms with Gasteiger partial charge in [0.25, 0.3) is 0 Å². The third-order valence-electron chi connectivity index (χ3n) is 3.19. The maximum atomic E-state index is 12.0. The molecular weight excluding hydrogens is 381 g/mol. The summed E-state index contributed by atoms with van der Waals surface area (Å²) in [6.45, 7) is 0. The molecule has 2 aromatic carbocycles. The van der Waals surface area contributed by atoms with E-state index < -0.39 is 6.03 Å². The number of benzene rings is 2. The van der Waals surface area contributed by atoms with Crippen LogP contribution in [0, 0.1) is 0 Å². The van der Waals surface area contributed by atoms with Crippen LogP contribution in [-0.4, -0.2) is 22.3 Å². The Hall–Kier alpha value is -2.22. The molecule has 2 amide bonds. The molecule has 0 aliphatic heterocycles. The van der Waals surface area contributed by atoms with Gasteiger partial charge in [0, 0.05) is 5.69 Å². The highest BCUT2D eigenvalue weighted by atomic mass is 35.5. The monoisotopic (exact) mass is 393 g/mol. The van der Waals surface area contributed by atoms with Gasteiger partial charge in [-0.05, 0) is 30.5 Å². The topological polar surface area (TPSA) is 78.9 Å². The Balaban J connectivity index is 1.78. The van der Waals surface area contributed by atoms with Gasteiger partial charge in [-0.2, -0.15) is 0 Å². The number of hydrogen-bond donors (Lipinski definition) is 3. The number of halogens is 2. The summed E-state index contributed by atoms with van der Waals surface area (Å²) in [6.07, 6.45) is 1.86. The molecule has 0 aliphatic carbocycles. The van der Waals surface area contributed by atoms with E-state index in [-0.39, 0.29) is 0 Å². The minimum absolute atomic E-state index is 0.390. The minimum atomic E-state index is -0.422. The van der Waals surface area contributed by atoms with Crippen molar-refractivity contribution >= 4 is 63.5 Å². The van der Waals surface area contributed by atoms with Gasteiger partial charge in [-0.25, -0.2) is 20.2 Å². The van der Waals surface area contributed by atoms with E-state index in [1.807, 2.05) is 24.5 Å². The summed E-state index contributed by atoms with van der Waals surface area (Å²) in [4.78, 5) is 20.9. The highest BCUT2D eigenvalue weighted by Gasteiger charge is 2.11. The quantitative estimate of drug-likeness (QED) is 0.437. The van der Waals surface area contributed by atoms with Gasteiger partial charge in [0.2, 0.25) is 0 Å². The Bertz CT molecular complexity index is 923. The van der Waals surface area contributed by atoms with Crippen LogP contribution in [0.2, 0.25) is 10.0 Å². The summed E-state index contributed by atoms with van der Waals surface area (Å²) >= 11 is 13.4. The lowest BCUT2D eigenvalue weighted by atomic mass is 10.3. The first-order valence-electron chi connectivity index (χ1n) is 7.15. The molecule has 3 aromatic rings. The smallest absolute Gasteiger partial charge is 0.307 e. The Morgan fingerprint density at radius 3 is 2.32 bits per heavy atom. The third-order valence-corrected chi connectivity index (χ3v) is 4.59. The molecule has 0 saturated heterocycles. The predicted octanol–water partition coefficient (Wildman–Crippen LogP) is 4.81. The van der Waals surface area contributed by atoms with Crippen LogP contribution in [-0.2, 0) is 0 Å². The van der Waals surface area contributed by atoms with Crippen molar-refractivity contribution in [2.75, 3.05) is 17.0 Å². The van der Waals surface area contributed by atoms with Gasteiger partial charge in [-0.1, -0.05) is 41.4 Å². The molecule has 3 N–H and O–H groups in total. The Labute approximate surface area is 158 Å². The van der Waals surface area contributed by atoms with Crippen molar-refractivity contribution in [3.05, 3.63) is 52.5 Å². The highest BCUT2D eigenvalue weighted by Crippen LogP contribution is 2.29. The van der Waals surface area contributed by atoms with Gasteiger partial charge in [-0.15, -0.1) is 11.8 Å². The van der Waals surface area contributed by atoms with Crippen LogP contribution in [0.5, 0.6) is 0 Å². The first-order valence-corrected chi connectivity index (χ1v) is 9.13. The average molecular weight is 394 g/mol. The zero-order chi connectivity index (χ0) is 17.8. The van der Waals surface area contributed by atoms with Crippen molar-refractivity contribution in [1.29, 1.82) is 0 Å². The molecule has 0 unspecified atom stereocenters. The zero-order valence-electron chi connectivity index (χ0n) is 13.0. The molecule has 128 valence electrons. The number of hydrazine groups is 1. The van der Waals surface area contributed by atoms with Crippen LogP contribution in [0.1, 0.15) is 0 Å². The molecule has 0 fully saturated rings. The SMILES string of the molecule is CSc1nc2cc(Cl)c(Cl)cc2nc1NNC(=O)Nc1ccccc1. The number of para-hydroxylation sites is 1. The molecule has 0 spiro atoms. The maximum absolute atomic E-state index is 12.0. The van der Waals surface area contributed by atoms with Gasteiger partial charge < -0.3 is 5.32 Å². The number of aromatic nitrogens is 2. The normalized spacial score (nSPS) is 10.5. The van der Waals surface area contributed by atoms with Crippen LogP contribution in [0.4, 0.5) is 16.3 Å². The van der Waals surface area contributed by atoms with Crippen molar-refractivity contribution < 1.29 is 4.79 Å². The molecule has 0 aliphatic rings. The molecule has 0 bridgehead atoms. The van der Waals surface area contributed by atoms with Crippen LogP contribution >= 0.6 is 35.0 Å². The van der Waals surface area contributed by atoms with Crippen LogP contribution in [0.15, 0.2) is 47.5 Å². The maximum Gasteiger partial charge on any atom is 0.337 e. The van der Waals surface area contributed by atoms with Gasteiger partial charge in [-0.3, -0.25) is 5.43 Å². The summed E-state index contributed by atoms with van der Waals surface area (Å²) in [5, 5.41) is 4.12. The number of hydrogen-bond acceptors (Lipinski definition) is 5. The second-order valence-electron chi connectivity index (χ2n) is 4.91. The van der Waals surface area contributed by atoms with Gasteiger partial charge >= 0.3 is 6.03 Å². The summed E-state index contributed by atoms with van der Waals surface area (Å²) in [5.41, 5.74) is 7.19. The van der Waals surface area contributed by atoms with Gasteiger partial charge in [0.15, 0.2) is 5.82 Å². The number of nitrogens with zero attached hydrogens (tertiary/aromatic N) is 2. The number of nitrogens with one attached hydrogen (secondary N) is 3. The lowest BCUT2D eigenvalue weighted by molar-refractivity contribution is 0.254. The van der Waals surface area contributed by atoms with E-state index in [0.29, 0.717) is 37.6 Å². The van der Waals surface area contributed by atoms with Crippen molar-refractivity contribution in [3.63, 3.8) is 0 Å². The molecule has 9 heteroatoms. The molecular formula is C16H13Cl2N5OS. The fourth-order valence-electron chi connectivity index (χ4n) is 2.06. The van der Waals surface area contributed by atoms with Crippen LogP contribution in [0.3, 0.4) is 0 Å². The lowest BCUT2D eigenvalue weighted by Gasteiger charge is -2.12. The van der Waals surface area contributed by atoms with E-state index in [1.54, 1.807) is 24.3 Å². The first kappa shape index (κ1) is 17.6. The molecule has 0 atom stereocenters. The van der Waals surface area contributed by atoms with Crippen LogP contribution < -0.4 is 16.2 Å². The van der Waals surface area contributed by atoms with E-state index >= 15 is 0 Å². The summed E-state index contributed by atoms with van der Waals surface area (Å²) in [6, 6.07) is 12.0. The van der Waals surface area contributed by atoms with Crippen molar-refractivity contribution in [2.24, 2.45) is 0 Å². The van der Waals surface area contributed by atoms with E-state index in [4.69, 9.17) is 23.2 Å². The number of urea groups is 1. The van der Waals surface area contributed by atoms with E-state index in [0.717, 1.165) is 0 Å². The molecule has 1 heterocycles. The zero-order valence-corrected chi connectivity index (χ0v) is 15.3. The van der Waals surface area contributed by atoms with E-state index in [1.165, 1.54) is 11.8 Å². The second-order valence-corrected chi connectivity index (χ2v) is 6.52. The van der Waals surface area contributed by atoms with E-state index in [2.05, 4.69) is 26.1 Å². The highest BCUT2D eigenvalue weighted by molar-refractivity contribution is 7.98. The van der Waals surface area contributed by atoms with Crippen molar-refractivity contribution in [3.8, 4) is 0 Å². The van der Waals surface area contributed by atoms with Gasteiger partial charge in [0.05, 0.1) is 21.1 Å². The molecule has 6 nitrogen and oxygen atoms in total. The Morgan fingerprint density at radius 2 is 1.68 bits per heavy atom. The summed E-state index contributed by atoms with van der Waals surface area (Å²) in [7, 11) is 0. The first-order chi connectivity index (χ1) is 12.1. The lowest BCUT2D eigenvalue weighted by Crippen LogP contribution is -2.34.